The van der Waals surface area contributed by atoms with Gasteiger partial charge in [0.2, 0.25) is 0 Å². The largest absolute Gasteiger partial charge is 0.495 e. The molecular formula is C78H72N6O3. The molecule has 7 aromatic heterocycles. The second-order valence-electron chi connectivity index (χ2n) is 24.2. The monoisotopic (exact) mass is 1140 g/mol. The highest BCUT2D eigenvalue weighted by Crippen LogP contribution is 2.43. The number of aromatic nitrogens is 6. The summed E-state index contributed by atoms with van der Waals surface area (Å²) in [5.74, 6) is 2.25. The van der Waals surface area contributed by atoms with Crippen LogP contribution in [0.3, 0.4) is 0 Å². The lowest BCUT2D eigenvalue weighted by Crippen LogP contribution is -1.95. The highest BCUT2D eigenvalue weighted by atomic mass is 16.5. The van der Waals surface area contributed by atoms with E-state index in [1.54, 1.807) is 21.3 Å². The van der Waals surface area contributed by atoms with Crippen molar-refractivity contribution in [1.82, 2.24) is 29.9 Å². The van der Waals surface area contributed by atoms with E-state index >= 15 is 0 Å². The SMILES string of the molecule is COc1c2cc(C)cc1c1cc(cc(-c3c(C)cc(C)cc3C)c3nc(c4cc(C)cc(c4OC)c4cc(cc(-c5c(C)cc(C)cc5C)c5nc(c6cc(C)cc(c6OC)c6cc(cc(-c7c(C)cc(C)cc7C)c7nc2C=C7)[nH]6)C=C5)[nH]4)C=C3)[nH]1. The van der Waals surface area contributed by atoms with Crippen LogP contribution < -0.4 is 14.2 Å². The standard InChI is InChI=1S/C78H72N6O3/c1-40-22-46(7)73(47(8)23-40)55-34-52-37-70(79-52)61-31-44(5)29-59(77(61)86-14)68-20-17-65(83-68)57(75-50(11)26-42(3)27-51(75)12)36-54-39-72(81-54)63-33-45(6)30-60(78(63)87-15)69-21-18-66(84-69)56(74-48(9)24-41(2)25-49(74)10)35-53-38-71(80-53)62-32-43(4)28-58(76(62)85-13)67-19-16-64(55)82-67/h16-39,79-81H,1-15H3. The molecular weight excluding hydrogens is 1070 g/mol. The number of aryl methyl sites for hydroxylation is 12. The van der Waals surface area contributed by atoms with Gasteiger partial charge in [0.05, 0.1) is 72.0 Å². The molecule has 16 rings (SSSR count). The minimum absolute atomic E-state index is 0.749. The number of H-pyrrole nitrogens is 3. The van der Waals surface area contributed by atoms with Crippen molar-refractivity contribution in [1.29, 1.82) is 0 Å². The third-order valence-corrected chi connectivity index (χ3v) is 17.2. The molecule has 18 bridgehead atoms. The third-order valence-electron chi connectivity index (χ3n) is 17.2. The molecule has 0 atom stereocenters. The second-order valence-corrected chi connectivity index (χ2v) is 24.2. The van der Waals surface area contributed by atoms with Crippen LogP contribution in [0, 0.1) is 83.1 Å². The van der Waals surface area contributed by atoms with Crippen LogP contribution >= 0.6 is 0 Å². The zero-order chi connectivity index (χ0) is 60.9. The van der Waals surface area contributed by atoms with Crippen molar-refractivity contribution in [2.75, 3.05) is 21.3 Å². The molecule has 3 aliphatic rings. The molecule has 87 heavy (non-hydrogen) atoms. The summed E-state index contributed by atoms with van der Waals surface area (Å²) in [6, 6.07) is 39.9. The maximum Gasteiger partial charge on any atom is 0.137 e. The molecule has 0 unspecified atom stereocenters. The molecule has 0 saturated carbocycles. The summed E-state index contributed by atoms with van der Waals surface area (Å²) in [6.45, 7) is 26.0. The van der Waals surface area contributed by atoms with Crippen molar-refractivity contribution >= 4 is 102 Å². The van der Waals surface area contributed by atoms with E-state index in [9.17, 15) is 0 Å². The van der Waals surface area contributed by atoms with Crippen LogP contribution in [-0.4, -0.2) is 51.2 Å². The average Bonchev–Trinajstić information content (AvgIpc) is 1.94. The van der Waals surface area contributed by atoms with Crippen molar-refractivity contribution < 1.29 is 14.2 Å². The summed E-state index contributed by atoms with van der Waals surface area (Å²) >= 11 is 0. The van der Waals surface area contributed by atoms with E-state index in [-0.39, 0.29) is 0 Å². The number of nitrogens with zero attached hydrogens (tertiary/aromatic N) is 3. The molecule has 9 nitrogen and oxygen atoms in total. The summed E-state index contributed by atoms with van der Waals surface area (Å²) < 4.78 is 19.1. The first-order valence-electron chi connectivity index (χ1n) is 29.8. The fraction of sp³-hybridized carbons (Fsp3) is 0.192. The lowest BCUT2D eigenvalue weighted by molar-refractivity contribution is 0.424. The normalized spacial score (nSPS) is 12.2. The van der Waals surface area contributed by atoms with Crippen molar-refractivity contribution in [3.63, 3.8) is 0 Å². The lowest BCUT2D eigenvalue weighted by atomic mass is 9.93. The average molecular weight is 1140 g/mol. The summed E-state index contributed by atoms with van der Waals surface area (Å²) in [6.07, 6.45) is 12.8. The molecule has 0 aliphatic carbocycles. The first-order chi connectivity index (χ1) is 41.8. The number of hydrogen-bond acceptors (Lipinski definition) is 6. The van der Waals surface area contributed by atoms with Crippen LogP contribution in [0.4, 0.5) is 0 Å². The molecule has 9 heteroatoms. The minimum atomic E-state index is 0.749. The number of aromatic amines is 3. The zero-order valence-corrected chi connectivity index (χ0v) is 52.4. The van der Waals surface area contributed by atoms with Crippen molar-refractivity contribution in [3.8, 4) is 50.6 Å². The van der Waals surface area contributed by atoms with Gasteiger partial charge in [-0.05, 0) is 259 Å². The van der Waals surface area contributed by atoms with E-state index in [2.05, 4.69) is 244 Å². The molecule has 3 aliphatic heterocycles. The third kappa shape index (κ3) is 10.1. The van der Waals surface area contributed by atoms with Gasteiger partial charge >= 0.3 is 0 Å². The fourth-order valence-electron chi connectivity index (χ4n) is 13.8. The van der Waals surface area contributed by atoms with Gasteiger partial charge in [0.15, 0.2) is 0 Å². The summed E-state index contributed by atoms with van der Waals surface area (Å²) in [5, 5.41) is 5.63. The highest BCUT2D eigenvalue weighted by Gasteiger charge is 2.21. The van der Waals surface area contributed by atoms with Gasteiger partial charge in [-0.2, -0.15) is 0 Å². The Morgan fingerprint density at radius 2 is 0.460 bits per heavy atom. The van der Waals surface area contributed by atoms with Gasteiger partial charge in [0, 0.05) is 65.6 Å². The van der Waals surface area contributed by atoms with Crippen LogP contribution in [0.5, 0.6) is 17.2 Å². The predicted octanol–water partition coefficient (Wildman–Crippen LogP) is 20.0. The Kier molecular flexibility index (Phi) is 14.1. The van der Waals surface area contributed by atoms with E-state index in [4.69, 9.17) is 29.2 Å². The molecule has 10 heterocycles. The molecule has 0 spiro atoms. The number of methoxy groups -OCH3 is 3. The van der Waals surface area contributed by atoms with Crippen LogP contribution in [0.2, 0.25) is 0 Å². The first-order valence-corrected chi connectivity index (χ1v) is 29.8. The molecule has 13 aromatic rings. The first kappa shape index (κ1) is 56.2. The van der Waals surface area contributed by atoms with Crippen LogP contribution in [0.15, 0.2) is 109 Å². The fourth-order valence-corrected chi connectivity index (χ4v) is 13.8. The van der Waals surface area contributed by atoms with Gasteiger partial charge in [-0.25, -0.2) is 15.0 Å². The van der Waals surface area contributed by atoms with E-state index in [0.29, 0.717) is 0 Å². The molecule has 3 N–H and O–H groups in total. The lowest BCUT2D eigenvalue weighted by Gasteiger charge is -2.14. The Morgan fingerprint density at radius 1 is 0.253 bits per heavy atom. The van der Waals surface area contributed by atoms with Crippen LogP contribution in [-0.2, 0) is 0 Å². The Hall–Kier alpha value is -9.99. The molecule has 0 radical (unpaired) electrons. The number of ether oxygens (including phenoxy) is 3. The van der Waals surface area contributed by atoms with Crippen LogP contribution in [0.25, 0.3) is 135 Å². The zero-order valence-electron chi connectivity index (χ0n) is 52.4. The predicted molar refractivity (Wildman–Crippen MR) is 367 cm³/mol. The molecule has 0 fully saturated rings. The number of hydrogen-bond donors (Lipinski definition) is 3. The number of benzene rings is 6. The van der Waals surface area contributed by atoms with Crippen molar-refractivity contribution in [2.24, 2.45) is 0 Å². The van der Waals surface area contributed by atoms with Crippen molar-refractivity contribution in [3.05, 3.63) is 210 Å². The smallest absolute Gasteiger partial charge is 0.137 e. The summed E-state index contributed by atoms with van der Waals surface area (Å²) in [4.78, 5) is 27.7. The maximum absolute atomic E-state index is 6.38. The van der Waals surface area contributed by atoms with Gasteiger partial charge in [-0.3, -0.25) is 0 Å². The van der Waals surface area contributed by atoms with Crippen LogP contribution in [0.1, 0.15) is 101 Å². The van der Waals surface area contributed by atoms with Gasteiger partial charge in [0.25, 0.3) is 0 Å². The van der Waals surface area contributed by atoms with Gasteiger partial charge in [0.1, 0.15) is 17.2 Å². The van der Waals surface area contributed by atoms with Gasteiger partial charge in [-0.15, -0.1) is 0 Å². The van der Waals surface area contributed by atoms with Gasteiger partial charge < -0.3 is 29.2 Å². The van der Waals surface area contributed by atoms with E-state index in [0.717, 1.165) is 167 Å². The molecule has 0 saturated heterocycles. The number of rotatable bonds is 6. The molecule has 432 valence electrons. The van der Waals surface area contributed by atoms with Crippen molar-refractivity contribution in [2.45, 2.75) is 83.1 Å². The van der Waals surface area contributed by atoms with E-state index < -0.39 is 0 Å². The van der Waals surface area contributed by atoms with E-state index in [1.165, 1.54) is 50.1 Å². The second kappa shape index (κ2) is 21.8. The minimum Gasteiger partial charge on any atom is -0.495 e. The molecule has 6 aromatic carbocycles. The topological polar surface area (TPSA) is 114 Å². The Morgan fingerprint density at radius 3 is 0.690 bits per heavy atom. The Bertz CT molecular complexity index is 4510. The summed E-state index contributed by atoms with van der Waals surface area (Å²) in [5.41, 5.74) is 31.4. The Balaban J connectivity index is 1.13. The quantitative estimate of drug-likeness (QED) is 0.153. The highest BCUT2D eigenvalue weighted by molar-refractivity contribution is 6.04. The van der Waals surface area contributed by atoms with E-state index in [1.807, 2.05) is 0 Å². The molecule has 0 amide bonds. The summed E-state index contributed by atoms with van der Waals surface area (Å²) in [7, 11) is 5.24. The maximum atomic E-state index is 6.38. The Labute approximate surface area is 508 Å². The number of nitrogens with one attached hydrogen (secondary N) is 3. The van der Waals surface area contributed by atoms with Gasteiger partial charge in [-0.1, -0.05) is 53.1 Å².